The van der Waals surface area contributed by atoms with E-state index in [9.17, 15) is 13.6 Å². The van der Waals surface area contributed by atoms with Crippen molar-refractivity contribution in [3.63, 3.8) is 0 Å². The average molecular weight is 662 g/mol. The number of likely N-dealkylation sites (tertiary alicyclic amines) is 1. The maximum atomic E-state index is 16.7. The van der Waals surface area contributed by atoms with Crippen LogP contribution in [0.25, 0.3) is 37.8 Å². The van der Waals surface area contributed by atoms with Crippen LogP contribution in [0.1, 0.15) is 19.3 Å². The summed E-state index contributed by atoms with van der Waals surface area (Å²) in [6.45, 7) is 11.2. The number of benzene rings is 2. The van der Waals surface area contributed by atoms with Gasteiger partial charge in [-0.25, -0.2) is 19.7 Å². The van der Waals surface area contributed by atoms with Gasteiger partial charge in [0.25, 0.3) is 5.91 Å². The number of rotatable bonds is 7. The molecular formula is C34H31ClF3N7O2. The van der Waals surface area contributed by atoms with E-state index in [4.69, 9.17) is 27.9 Å². The molecule has 0 radical (unpaired) electrons. The lowest BCUT2D eigenvalue weighted by Crippen LogP contribution is -2.56. The monoisotopic (exact) mass is 661 g/mol. The summed E-state index contributed by atoms with van der Waals surface area (Å²) in [4.78, 5) is 35.1. The Balaban J connectivity index is 1.32. The molecule has 7 rings (SSSR count). The van der Waals surface area contributed by atoms with Gasteiger partial charge in [-0.15, -0.1) is 0 Å². The van der Waals surface area contributed by atoms with E-state index >= 15 is 4.39 Å². The number of hydrogen-bond acceptors (Lipinski definition) is 7. The van der Waals surface area contributed by atoms with Gasteiger partial charge in [0, 0.05) is 48.9 Å². The van der Waals surface area contributed by atoms with Crippen molar-refractivity contribution in [3.05, 3.63) is 77.0 Å². The molecule has 242 valence electrons. The van der Waals surface area contributed by atoms with E-state index in [1.54, 1.807) is 24.3 Å². The van der Waals surface area contributed by atoms with Gasteiger partial charge in [0.05, 0.1) is 10.4 Å². The van der Waals surface area contributed by atoms with Crippen molar-refractivity contribution in [1.82, 2.24) is 24.8 Å². The number of amides is 1. The van der Waals surface area contributed by atoms with Gasteiger partial charge in [0.2, 0.25) is 6.54 Å². The molecule has 2 bridgehead atoms. The van der Waals surface area contributed by atoms with E-state index in [1.165, 1.54) is 17.2 Å². The van der Waals surface area contributed by atoms with Crippen LogP contribution in [0.4, 0.5) is 19.0 Å². The molecule has 4 atom stereocenters. The molecule has 0 spiro atoms. The fourth-order valence-corrected chi connectivity index (χ4v) is 7.76. The maximum Gasteiger partial charge on any atom is 0.319 e. The van der Waals surface area contributed by atoms with Gasteiger partial charge in [-0.3, -0.25) is 14.7 Å². The summed E-state index contributed by atoms with van der Waals surface area (Å²) in [7, 11) is 2.09. The number of halogens is 4. The molecule has 4 heterocycles. The molecule has 2 aromatic carbocycles. The summed E-state index contributed by atoms with van der Waals surface area (Å²) in [6, 6.07) is 7.92. The lowest BCUT2D eigenvalue weighted by molar-refractivity contribution is -0.131. The molecule has 0 unspecified atom stereocenters. The number of hydrogen-bond donors (Lipinski definition) is 0. The number of piperazine rings is 1. The summed E-state index contributed by atoms with van der Waals surface area (Å²) in [5.74, 6) is -2.56. The Kier molecular flexibility index (Phi) is 8.14. The Bertz CT molecular complexity index is 1970. The number of ether oxygens (including phenoxy) is 1. The number of likely N-dealkylation sites (N-methyl/N-ethyl adjacent to an activating group) is 1. The normalized spacial score (nSPS) is 22.6. The Hall–Kier alpha value is -4.47. The first-order valence-corrected chi connectivity index (χ1v) is 15.9. The van der Waals surface area contributed by atoms with E-state index in [-0.39, 0.29) is 59.9 Å². The third-order valence-corrected chi connectivity index (χ3v) is 10.3. The van der Waals surface area contributed by atoms with Crippen LogP contribution >= 0.6 is 11.6 Å². The lowest BCUT2D eigenvalue weighted by Gasteiger charge is -2.39. The first-order chi connectivity index (χ1) is 22.7. The molecular weight excluding hydrogens is 631 g/mol. The first kappa shape index (κ1) is 31.1. The second kappa shape index (κ2) is 12.3. The van der Waals surface area contributed by atoms with Crippen LogP contribution in [0, 0.1) is 24.1 Å². The molecule has 3 aliphatic rings. The molecule has 3 fully saturated rings. The number of anilines is 1. The van der Waals surface area contributed by atoms with Gasteiger partial charge < -0.3 is 19.4 Å². The summed E-state index contributed by atoms with van der Waals surface area (Å²) in [5, 5.41) is 1.08. The minimum atomic E-state index is -1.10. The number of pyridine rings is 1. The number of fused-ring (bicyclic) bond motifs is 4. The van der Waals surface area contributed by atoms with Crippen LogP contribution < -0.4 is 9.64 Å². The number of carbonyl (C=O) groups is 1. The number of nitrogens with zero attached hydrogens (tertiary/aromatic N) is 7. The van der Waals surface area contributed by atoms with E-state index in [0.717, 1.165) is 19.3 Å². The van der Waals surface area contributed by atoms with Gasteiger partial charge in [-0.1, -0.05) is 42.4 Å². The van der Waals surface area contributed by atoms with Gasteiger partial charge >= 0.3 is 6.01 Å². The van der Waals surface area contributed by atoms with Crippen LogP contribution in [0.15, 0.2) is 48.9 Å². The van der Waals surface area contributed by atoms with Gasteiger partial charge in [-0.05, 0) is 43.7 Å². The molecule has 2 aromatic heterocycles. The van der Waals surface area contributed by atoms with E-state index in [1.807, 2.05) is 4.90 Å². The highest BCUT2D eigenvalue weighted by Crippen LogP contribution is 2.42. The molecule has 1 saturated carbocycles. The average Bonchev–Trinajstić information content (AvgIpc) is 3.67. The summed E-state index contributed by atoms with van der Waals surface area (Å²) < 4.78 is 51.3. The number of aromatic nitrogens is 3. The minimum absolute atomic E-state index is 0.0286. The number of piperidine rings is 1. The molecule has 0 N–H and O–H groups in total. The van der Waals surface area contributed by atoms with Crippen molar-refractivity contribution in [3.8, 4) is 17.3 Å². The second-order valence-corrected chi connectivity index (χ2v) is 12.8. The largest absolute Gasteiger partial charge is 0.462 e. The van der Waals surface area contributed by atoms with Crippen LogP contribution in [0.2, 0.25) is 5.02 Å². The maximum absolute atomic E-state index is 16.7. The molecule has 9 nitrogen and oxygen atoms in total. The topological polar surface area (TPSA) is 79.1 Å². The first-order valence-electron chi connectivity index (χ1n) is 15.5. The molecule has 1 aliphatic carbocycles. The molecule has 2 aliphatic heterocycles. The predicted octanol–water partition coefficient (Wildman–Crippen LogP) is 6.06. The van der Waals surface area contributed by atoms with Crippen molar-refractivity contribution in [1.29, 1.82) is 0 Å². The Morgan fingerprint density at radius 1 is 1.19 bits per heavy atom. The summed E-state index contributed by atoms with van der Waals surface area (Å²) in [6.07, 6.45) is 4.85. The lowest BCUT2D eigenvalue weighted by atomic mass is 10.00. The highest BCUT2D eigenvalue weighted by atomic mass is 35.5. The van der Waals surface area contributed by atoms with Crippen LogP contribution in [0.5, 0.6) is 6.01 Å². The second-order valence-electron chi connectivity index (χ2n) is 12.4. The van der Waals surface area contributed by atoms with Crippen molar-refractivity contribution in [2.24, 2.45) is 5.92 Å². The van der Waals surface area contributed by atoms with E-state index < -0.39 is 29.4 Å². The third-order valence-electron chi connectivity index (χ3n) is 9.88. The highest BCUT2D eigenvalue weighted by Gasteiger charge is 2.44. The number of carbonyl (C=O) groups excluding carboxylic acids is 1. The zero-order valence-corrected chi connectivity index (χ0v) is 26.4. The quantitative estimate of drug-likeness (QED) is 0.176. The molecule has 1 amide bonds. The Morgan fingerprint density at radius 2 is 2.02 bits per heavy atom. The smallest absolute Gasteiger partial charge is 0.319 e. The SMILES string of the molecule is [C-]#[N+]C[C@H]1CN(c2nc(OC[C@H]3[C@@H]4CC[C@@H](C4)N3C)nc3c(F)c(-c4cccc5ccc(F)c(Cl)c45)ncc23)CCN1C(=O)C(=C)F. The summed E-state index contributed by atoms with van der Waals surface area (Å²) >= 11 is 6.38. The minimum Gasteiger partial charge on any atom is -0.462 e. The molecule has 13 heteroatoms. The summed E-state index contributed by atoms with van der Waals surface area (Å²) in [5.41, 5.74) is 0.174. The van der Waals surface area contributed by atoms with Crippen molar-refractivity contribution >= 4 is 45.0 Å². The molecule has 2 saturated heterocycles. The molecule has 4 aromatic rings. The Labute approximate surface area is 274 Å². The van der Waals surface area contributed by atoms with Gasteiger partial charge in [-0.2, -0.15) is 9.97 Å². The van der Waals surface area contributed by atoms with Crippen LogP contribution in [-0.2, 0) is 4.79 Å². The Morgan fingerprint density at radius 3 is 2.77 bits per heavy atom. The van der Waals surface area contributed by atoms with Gasteiger partial charge in [0.15, 0.2) is 11.6 Å². The van der Waals surface area contributed by atoms with Gasteiger partial charge in [0.1, 0.15) is 35.5 Å². The van der Waals surface area contributed by atoms with Crippen LogP contribution in [-0.4, -0.2) is 88.6 Å². The zero-order chi connectivity index (χ0) is 33.0. The fourth-order valence-electron chi connectivity index (χ4n) is 7.48. The molecule has 47 heavy (non-hydrogen) atoms. The highest BCUT2D eigenvalue weighted by molar-refractivity contribution is 6.36. The zero-order valence-electron chi connectivity index (χ0n) is 25.6. The third kappa shape index (κ3) is 5.41. The standard InChI is InChI=1S/C34H31ClF3N7O2/c1-18(36)33(46)45-12-11-44(16-22(45)14-39-2)32-24-15-40-30(23-6-4-5-19-8-10-25(37)28(35)27(19)23)29(38)31(24)41-34(42-32)47-17-26-20-7-9-21(13-20)43(26)3/h4-6,8,10,15,20-22,26H,1,7,9,11-14,16-17H2,3H3/t20-,21+,22+,26+/m1/s1. The van der Waals surface area contributed by atoms with Crippen molar-refractivity contribution in [2.45, 2.75) is 37.4 Å². The van der Waals surface area contributed by atoms with E-state index in [0.29, 0.717) is 40.7 Å². The van der Waals surface area contributed by atoms with Crippen molar-refractivity contribution < 1.29 is 22.7 Å². The fraction of sp³-hybridized carbons (Fsp3) is 0.382. The van der Waals surface area contributed by atoms with E-state index in [2.05, 4.69) is 33.3 Å². The van der Waals surface area contributed by atoms with Crippen molar-refractivity contribution in [2.75, 3.05) is 44.7 Å². The van der Waals surface area contributed by atoms with Crippen LogP contribution in [0.3, 0.4) is 0 Å². The predicted molar refractivity (Wildman–Crippen MR) is 173 cm³/mol.